The Labute approximate surface area is 185 Å². The number of nitrogens with one attached hydrogen (secondary N) is 1. The van der Waals surface area contributed by atoms with Gasteiger partial charge in [-0.3, -0.25) is 4.57 Å². The highest BCUT2D eigenvalue weighted by Gasteiger charge is 2.18. The molecule has 2 aromatic heterocycles. The molecule has 0 aliphatic carbocycles. The molecule has 6 heteroatoms. The molecular weight excluding hydrogens is 396 g/mol. The number of hydrogen-bond acceptors (Lipinski definition) is 4. The Kier molecular flexibility index (Phi) is 5.49. The van der Waals surface area contributed by atoms with Gasteiger partial charge in [0.1, 0.15) is 0 Å². The van der Waals surface area contributed by atoms with E-state index >= 15 is 0 Å². The van der Waals surface area contributed by atoms with Gasteiger partial charge in [-0.1, -0.05) is 97.1 Å². The van der Waals surface area contributed by atoms with Crippen LogP contribution in [0.1, 0.15) is 0 Å². The third-order valence-electron chi connectivity index (χ3n) is 5.07. The Morgan fingerprint density at radius 1 is 0.531 bits per heavy atom. The Bertz CT molecular complexity index is 1330. The number of hydrogen-bond donors (Lipinski definition) is 1. The summed E-state index contributed by atoms with van der Waals surface area (Å²) in [6, 6.07) is 35.2. The van der Waals surface area contributed by atoms with Gasteiger partial charge in [-0.25, -0.2) is 0 Å². The van der Waals surface area contributed by atoms with E-state index in [0.29, 0.717) is 0 Å². The highest BCUT2D eigenvalue weighted by molar-refractivity contribution is 5.91. The fourth-order valence-electron chi connectivity index (χ4n) is 3.63. The molecule has 0 aliphatic heterocycles. The largest absolute Gasteiger partial charge is 0.274 e. The first-order chi connectivity index (χ1) is 15.9. The van der Waals surface area contributed by atoms with Crippen molar-refractivity contribution >= 4 is 10.8 Å². The molecule has 32 heavy (non-hydrogen) atoms. The van der Waals surface area contributed by atoms with Gasteiger partial charge >= 0.3 is 0 Å². The second-order valence-corrected chi connectivity index (χ2v) is 7.07. The van der Waals surface area contributed by atoms with E-state index in [0.717, 1.165) is 28.5 Å². The lowest BCUT2D eigenvalue weighted by molar-refractivity contribution is 0.940. The first kappa shape index (κ1) is 19.4. The van der Waals surface area contributed by atoms with Crippen molar-refractivity contribution in [3.63, 3.8) is 0 Å². The summed E-state index contributed by atoms with van der Waals surface area (Å²) in [5.74, 6) is 1.68. The lowest BCUT2D eigenvalue weighted by Gasteiger charge is -2.13. The van der Waals surface area contributed by atoms with Crippen LogP contribution >= 0.6 is 0 Å². The average molecular weight is 416 g/mol. The number of nitrogens with zero attached hydrogens (tertiary/aromatic N) is 5. The van der Waals surface area contributed by atoms with E-state index < -0.39 is 0 Å². The minimum atomic E-state index is 0.839. The zero-order valence-corrected chi connectivity index (χ0v) is 17.2. The molecule has 0 amide bonds. The number of aromatic amines is 1. The van der Waals surface area contributed by atoms with E-state index in [9.17, 15) is 0 Å². The maximum absolute atomic E-state index is 4.56. The van der Waals surface area contributed by atoms with Crippen molar-refractivity contribution in [2.45, 2.75) is 0 Å². The minimum Gasteiger partial charge on any atom is -0.274 e. The Morgan fingerprint density at radius 2 is 1.06 bits per heavy atom. The Hall–Kier alpha value is -4.58. The van der Waals surface area contributed by atoms with E-state index in [1.807, 2.05) is 36.4 Å². The smallest absolute Gasteiger partial charge is 0.168 e. The predicted octanol–water partition coefficient (Wildman–Crippen LogP) is 5.56. The van der Waals surface area contributed by atoms with Crippen molar-refractivity contribution in [3.8, 4) is 28.5 Å². The molecule has 0 saturated carbocycles. The molecule has 0 unspecified atom stereocenters. The maximum atomic E-state index is 4.56. The van der Waals surface area contributed by atoms with Gasteiger partial charge in [0, 0.05) is 16.5 Å². The van der Waals surface area contributed by atoms with Crippen LogP contribution in [0, 0.1) is 0 Å². The van der Waals surface area contributed by atoms with Gasteiger partial charge in [0.15, 0.2) is 11.6 Å². The van der Waals surface area contributed by atoms with Crippen LogP contribution in [-0.2, 0) is 0 Å². The van der Waals surface area contributed by atoms with Crippen LogP contribution in [0.2, 0.25) is 0 Å². The van der Waals surface area contributed by atoms with E-state index in [1.165, 1.54) is 10.8 Å². The van der Waals surface area contributed by atoms with Gasteiger partial charge in [-0.15, -0.1) is 10.2 Å². The summed E-state index contributed by atoms with van der Waals surface area (Å²) in [7, 11) is 0. The topological polar surface area (TPSA) is 72.3 Å². The molecule has 2 heterocycles. The van der Waals surface area contributed by atoms with Crippen LogP contribution in [0.5, 0.6) is 0 Å². The van der Waals surface area contributed by atoms with Crippen LogP contribution in [0.4, 0.5) is 0 Å². The van der Waals surface area contributed by atoms with Crippen molar-refractivity contribution < 1.29 is 0 Å². The van der Waals surface area contributed by atoms with Crippen LogP contribution in [0.15, 0.2) is 116 Å². The first-order valence-corrected chi connectivity index (χ1v) is 10.3. The summed E-state index contributed by atoms with van der Waals surface area (Å²) in [6.07, 6.45) is 3.17. The SMILES string of the molecule is c1ccc(-c2nnc(-c3ccccc3)n2-c2cccc3ccccc23)cc1.c1cn[nH]n1. The van der Waals surface area contributed by atoms with Crippen LogP contribution in [0.3, 0.4) is 0 Å². The second kappa shape index (κ2) is 9.06. The fraction of sp³-hybridized carbons (Fsp3) is 0. The molecule has 6 rings (SSSR count). The number of benzene rings is 4. The standard InChI is InChI=1S/C24H17N3.C2H3N3/c1-3-11-19(12-4-1)23-25-26-24(20-13-5-2-6-14-20)27(23)22-17-9-15-18-10-7-8-16-21(18)22;1-2-4-5-3-1/h1-17H;1-2H,(H,3,4,5). The van der Waals surface area contributed by atoms with Gasteiger partial charge < -0.3 is 0 Å². The molecule has 6 nitrogen and oxygen atoms in total. The summed E-state index contributed by atoms with van der Waals surface area (Å²) >= 11 is 0. The summed E-state index contributed by atoms with van der Waals surface area (Å²) in [6.45, 7) is 0. The molecule has 0 saturated heterocycles. The Balaban J connectivity index is 0.000000383. The van der Waals surface area contributed by atoms with Gasteiger partial charge in [0.25, 0.3) is 0 Å². The van der Waals surface area contributed by atoms with Crippen molar-refractivity contribution in [2.24, 2.45) is 0 Å². The molecule has 0 aliphatic rings. The molecule has 0 spiro atoms. The molecule has 0 atom stereocenters. The third kappa shape index (κ3) is 3.89. The third-order valence-corrected chi connectivity index (χ3v) is 5.07. The fourth-order valence-corrected chi connectivity index (χ4v) is 3.63. The summed E-state index contributed by atoms with van der Waals surface area (Å²) < 4.78 is 2.16. The van der Waals surface area contributed by atoms with Crippen LogP contribution in [0.25, 0.3) is 39.2 Å². The molecule has 0 fully saturated rings. The summed E-state index contributed by atoms with van der Waals surface area (Å²) in [5, 5.41) is 20.8. The maximum Gasteiger partial charge on any atom is 0.168 e. The minimum absolute atomic E-state index is 0.839. The van der Waals surface area contributed by atoms with Crippen molar-refractivity contribution in [1.82, 2.24) is 30.2 Å². The van der Waals surface area contributed by atoms with Crippen molar-refractivity contribution in [1.29, 1.82) is 0 Å². The summed E-state index contributed by atoms with van der Waals surface area (Å²) in [5.41, 5.74) is 3.16. The number of rotatable bonds is 3. The van der Waals surface area contributed by atoms with E-state index in [-0.39, 0.29) is 0 Å². The van der Waals surface area contributed by atoms with Crippen molar-refractivity contribution in [2.75, 3.05) is 0 Å². The number of aromatic nitrogens is 6. The van der Waals surface area contributed by atoms with Crippen LogP contribution in [-0.4, -0.2) is 30.2 Å². The second-order valence-electron chi connectivity index (χ2n) is 7.07. The molecule has 4 aromatic carbocycles. The van der Waals surface area contributed by atoms with Crippen LogP contribution < -0.4 is 0 Å². The zero-order valence-electron chi connectivity index (χ0n) is 17.2. The molecule has 6 aromatic rings. The molecule has 0 bridgehead atoms. The van der Waals surface area contributed by atoms with Gasteiger partial charge in [-0.2, -0.15) is 15.4 Å². The number of fused-ring (bicyclic) bond motifs is 1. The van der Waals surface area contributed by atoms with E-state index in [2.05, 4.69) is 96.9 Å². The van der Waals surface area contributed by atoms with Gasteiger partial charge in [-0.05, 0) is 11.5 Å². The predicted molar refractivity (Wildman–Crippen MR) is 126 cm³/mol. The molecule has 0 radical (unpaired) electrons. The van der Waals surface area contributed by atoms with Gasteiger partial charge in [0.05, 0.1) is 18.1 Å². The molecule has 154 valence electrons. The number of H-pyrrole nitrogens is 1. The van der Waals surface area contributed by atoms with E-state index in [1.54, 1.807) is 12.4 Å². The molecule has 1 N–H and O–H groups in total. The normalized spacial score (nSPS) is 10.5. The highest BCUT2D eigenvalue weighted by Crippen LogP contribution is 2.31. The molecular formula is C26H20N6. The highest BCUT2D eigenvalue weighted by atomic mass is 15.3. The lowest BCUT2D eigenvalue weighted by Crippen LogP contribution is -2.01. The Morgan fingerprint density at radius 3 is 1.62 bits per heavy atom. The van der Waals surface area contributed by atoms with Gasteiger partial charge in [0.2, 0.25) is 0 Å². The summed E-state index contributed by atoms with van der Waals surface area (Å²) in [4.78, 5) is 0. The average Bonchev–Trinajstić information content (AvgIpc) is 3.59. The zero-order chi connectivity index (χ0) is 21.6. The van der Waals surface area contributed by atoms with Crippen molar-refractivity contribution in [3.05, 3.63) is 116 Å². The first-order valence-electron chi connectivity index (χ1n) is 10.3. The van der Waals surface area contributed by atoms with E-state index in [4.69, 9.17) is 0 Å². The monoisotopic (exact) mass is 416 g/mol. The quantitative estimate of drug-likeness (QED) is 0.410. The lowest BCUT2D eigenvalue weighted by atomic mass is 10.1.